The molecule has 1 fully saturated rings. The van der Waals surface area contributed by atoms with Crippen LogP contribution in [0.25, 0.3) is 11.0 Å². The van der Waals surface area contributed by atoms with Crippen molar-refractivity contribution < 1.29 is 9.59 Å². The topological polar surface area (TPSA) is 128 Å². The highest BCUT2D eigenvalue weighted by molar-refractivity contribution is 8.00. The summed E-state index contributed by atoms with van der Waals surface area (Å²) in [5, 5.41) is 5.59. The molecule has 33 heavy (non-hydrogen) atoms. The average Bonchev–Trinajstić information content (AvgIpc) is 3.60. The number of amides is 3. The molecular formula is C22H32N6O4S. The molecule has 180 valence electrons. The first-order valence-electron chi connectivity index (χ1n) is 11.6. The number of nitrogens with one attached hydrogen (secondary N) is 2. The summed E-state index contributed by atoms with van der Waals surface area (Å²) < 4.78 is 2.55. The Bertz CT molecular complexity index is 1140. The summed E-state index contributed by atoms with van der Waals surface area (Å²) in [6.45, 7) is 4.50. The third-order valence-electron chi connectivity index (χ3n) is 5.40. The van der Waals surface area contributed by atoms with Crippen molar-refractivity contribution in [3.8, 4) is 0 Å². The van der Waals surface area contributed by atoms with E-state index in [9.17, 15) is 19.2 Å². The first-order valence-corrected chi connectivity index (χ1v) is 12.6. The summed E-state index contributed by atoms with van der Waals surface area (Å²) in [5.74, 6) is -0.0196. The Morgan fingerprint density at radius 1 is 1.09 bits per heavy atom. The number of imide groups is 1. The Labute approximate surface area is 196 Å². The van der Waals surface area contributed by atoms with Gasteiger partial charge in [0.05, 0.1) is 5.75 Å². The molecule has 11 heteroatoms. The molecule has 2 heterocycles. The largest absolute Gasteiger partial charge is 0.335 e. The number of urea groups is 1. The van der Waals surface area contributed by atoms with Crippen molar-refractivity contribution in [1.82, 2.24) is 29.7 Å². The minimum Gasteiger partial charge on any atom is -0.335 e. The van der Waals surface area contributed by atoms with E-state index in [-0.39, 0.29) is 17.2 Å². The minimum atomic E-state index is -0.514. The van der Waals surface area contributed by atoms with E-state index in [1.807, 2.05) is 6.92 Å². The van der Waals surface area contributed by atoms with Crippen LogP contribution in [0.3, 0.4) is 0 Å². The fraction of sp³-hybridized carbons (Fsp3) is 0.636. The van der Waals surface area contributed by atoms with Crippen molar-refractivity contribution in [2.45, 2.75) is 82.8 Å². The number of hydrogen-bond donors (Lipinski definition) is 2. The third kappa shape index (κ3) is 6.43. The molecule has 1 saturated carbocycles. The summed E-state index contributed by atoms with van der Waals surface area (Å²) in [6.07, 6.45) is 7.32. The van der Waals surface area contributed by atoms with E-state index in [1.165, 1.54) is 11.6 Å². The van der Waals surface area contributed by atoms with Crippen molar-refractivity contribution in [3.05, 3.63) is 26.7 Å². The fourth-order valence-corrected chi connectivity index (χ4v) is 4.31. The maximum atomic E-state index is 13.0. The van der Waals surface area contributed by atoms with Crippen LogP contribution in [0.2, 0.25) is 0 Å². The average molecular weight is 477 g/mol. The number of hydrogen-bond acceptors (Lipinski definition) is 7. The van der Waals surface area contributed by atoms with Gasteiger partial charge in [-0.3, -0.25) is 24.0 Å². The van der Waals surface area contributed by atoms with E-state index in [0.29, 0.717) is 35.9 Å². The van der Waals surface area contributed by atoms with Gasteiger partial charge in [-0.15, -0.1) is 0 Å². The number of aromatic nitrogens is 4. The number of nitrogens with zero attached hydrogens (tertiary/aromatic N) is 4. The van der Waals surface area contributed by atoms with Crippen LogP contribution in [-0.4, -0.2) is 42.8 Å². The number of unbranched alkanes of at least 4 members (excludes halogenated alkanes) is 3. The van der Waals surface area contributed by atoms with Crippen molar-refractivity contribution in [3.63, 3.8) is 0 Å². The molecule has 0 atom stereocenters. The summed E-state index contributed by atoms with van der Waals surface area (Å²) in [4.78, 5) is 59.0. The van der Waals surface area contributed by atoms with E-state index in [4.69, 9.17) is 0 Å². The maximum Gasteiger partial charge on any atom is 0.332 e. The van der Waals surface area contributed by atoms with Gasteiger partial charge in [0.2, 0.25) is 5.91 Å². The monoisotopic (exact) mass is 476 g/mol. The van der Waals surface area contributed by atoms with Gasteiger partial charge in [0, 0.05) is 26.1 Å². The lowest BCUT2D eigenvalue weighted by atomic mass is 10.1. The Morgan fingerprint density at radius 3 is 2.52 bits per heavy atom. The lowest BCUT2D eigenvalue weighted by Crippen LogP contribution is -2.41. The standard InChI is InChI=1S/C22H32N6O4S/c1-4-6-7-8-9-15-24-18-17(20(30)27(3)22(32)28(18)12-5-2)19(25-15)33-13-16(29)26-21(31)23-14-10-11-14/h14H,4-13H2,1-3H3,(H2,23,26,29,31). The fourth-order valence-electron chi connectivity index (χ4n) is 3.48. The van der Waals surface area contributed by atoms with Gasteiger partial charge < -0.3 is 5.32 Å². The zero-order chi connectivity index (χ0) is 24.0. The van der Waals surface area contributed by atoms with Gasteiger partial charge in [-0.05, 0) is 25.7 Å². The van der Waals surface area contributed by atoms with Crippen molar-refractivity contribution in [2.24, 2.45) is 7.05 Å². The molecule has 0 unspecified atom stereocenters. The minimum absolute atomic E-state index is 0.0878. The van der Waals surface area contributed by atoms with Gasteiger partial charge in [-0.1, -0.05) is 44.9 Å². The zero-order valence-electron chi connectivity index (χ0n) is 19.5. The molecule has 0 radical (unpaired) electrons. The normalized spacial score (nSPS) is 13.3. The first kappa shape index (κ1) is 24.9. The van der Waals surface area contributed by atoms with Gasteiger partial charge in [-0.25, -0.2) is 19.6 Å². The lowest BCUT2D eigenvalue weighted by molar-refractivity contribution is -0.117. The predicted octanol–water partition coefficient (Wildman–Crippen LogP) is 2.10. The zero-order valence-corrected chi connectivity index (χ0v) is 20.3. The number of thioether (sulfide) groups is 1. The molecule has 2 N–H and O–H groups in total. The summed E-state index contributed by atoms with van der Waals surface area (Å²) in [7, 11) is 1.43. The number of carbonyl (C=O) groups is 2. The Balaban J connectivity index is 1.92. The highest BCUT2D eigenvalue weighted by atomic mass is 32.2. The van der Waals surface area contributed by atoms with Gasteiger partial charge in [0.25, 0.3) is 5.56 Å². The summed E-state index contributed by atoms with van der Waals surface area (Å²) >= 11 is 1.08. The van der Waals surface area contributed by atoms with Crippen LogP contribution in [0.5, 0.6) is 0 Å². The SMILES string of the molecule is CCCCCCc1nc(SCC(=O)NC(=O)NC2CC2)c2c(=O)n(C)c(=O)n(CCC)c2n1. The molecule has 3 rings (SSSR count). The van der Waals surface area contributed by atoms with Crippen LogP contribution in [-0.2, 0) is 24.8 Å². The molecule has 2 aromatic heterocycles. The van der Waals surface area contributed by atoms with Gasteiger partial charge in [-0.2, -0.15) is 0 Å². The Hall–Kier alpha value is -2.69. The first-order chi connectivity index (χ1) is 15.8. The summed E-state index contributed by atoms with van der Waals surface area (Å²) in [6, 6.07) is -0.371. The number of fused-ring (bicyclic) bond motifs is 1. The molecule has 0 aliphatic heterocycles. The third-order valence-corrected chi connectivity index (χ3v) is 6.38. The molecule has 2 aromatic rings. The van der Waals surface area contributed by atoms with Crippen LogP contribution < -0.4 is 21.9 Å². The van der Waals surface area contributed by atoms with E-state index >= 15 is 0 Å². The smallest absolute Gasteiger partial charge is 0.332 e. The van der Waals surface area contributed by atoms with E-state index < -0.39 is 23.2 Å². The van der Waals surface area contributed by atoms with Crippen molar-refractivity contribution in [2.75, 3.05) is 5.75 Å². The van der Waals surface area contributed by atoms with Gasteiger partial charge in [0.15, 0.2) is 5.65 Å². The molecule has 1 aliphatic rings. The van der Waals surface area contributed by atoms with Crippen LogP contribution in [0.1, 0.15) is 64.6 Å². The van der Waals surface area contributed by atoms with E-state index in [0.717, 1.165) is 54.9 Å². The van der Waals surface area contributed by atoms with Gasteiger partial charge >= 0.3 is 11.7 Å². The second-order valence-electron chi connectivity index (χ2n) is 8.34. The number of rotatable bonds is 11. The lowest BCUT2D eigenvalue weighted by Gasteiger charge is -2.14. The highest BCUT2D eigenvalue weighted by Crippen LogP contribution is 2.23. The van der Waals surface area contributed by atoms with E-state index in [2.05, 4.69) is 27.5 Å². The predicted molar refractivity (Wildman–Crippen MR) is 128 cm³/mol. The molecule has 0 aromatic carbocycles. The quantitative estimate of drug-likeness (QED) is 0.289. The number of carbonyl (C=O) groups excluding carboxylic acids is 2. The molecule has 1 aliphatic carbocycles. The highest BCUT2D eigenvalue weighted by Gasteiger charge is 2.24. The second-order valence-corrected chi connectivity index (χ2v) is 9.30. The number of aryl methyl sites for hydroxylation is 2. The molecule has 0 bridgehead atoms. The Kier molecular flexibility index (Phi) is 8.65. The molecule has 0 spiro atoms. The maximum absolute atomic E-state index is 13.0. The molecule has 10 nitrogen and oxygen atoms in total. The van der Waals surface area contributed by atoms with Crippen LogP contribution in [0.15, 0.2) is 14.6 Å². The van der Waals surface area contributed by atoms with Crippen molar-refractivity contribution in [1.29, 1.82) is 0 Å². The molecule has 3 amide bonds. The molecular weight excluding hydrogens is 444 g/mol. The van der Waals surface area contributed by atoms with Crippen LogP contribution in [0, 0.1) is 0 Å². The van der Waals surface area contributed by atoms with E-state index in [1.54, 1.807) is 0 Å². The Morgan fingerprint density at radius 2 is 1.85 bits per heavy atom. The van der Waals surface area contributed by atoms with Crippen LogP contribution >= 0.6 is 11.8 Å². The second kappa shape index (κ2) is 11.4. The molecule has 0 saturated heterocycles. The van der Waals surface area contributed by atoms with Gasteiger partial charge in [0.1, 0.15) is 16.2 Å². The van der Waals surface area contributed by atoms with Crippen molar-refractivity contribution >= 4 is 34.7 Å². The summed E-state index contributed by atoms with van der Waals surface area (Å²) in [5.41, 5.74) is -0.607. The van der Waals surface area contributed by atoms with Crippen LogP contribution in [0.4, 0.5) is 4.79 Å².